The Balaban J connectivity index is 1.27. The van der Waals surface area contributed by atoms with Crippen LogP contribution in [0.25, 0.3) is 10.9 Å². The molecule has 5 rings (SSSR count). The van der Waals surface area contributed by atoms with Crippen LogP contribution in [0.1, 0.15) is 50.4 Å². The molecule has 0 aliphatic heterocycles. The molecule has 0 bridgehead atoms. The number of benzene rings is 1. The highest BCUT2D eigenvalue weighted by Crippen LogP contribution is 2.26. The van der Waals surface area contributed by atoms with Gasteiger partial charge in [-0.1, -0.05) is 20.3 Å². The second-order valence-electron chi connectivity index (χ2n) is 8.66. The normalized spacial score (nSPS) is 13.9. The van der Waals surface area contributed by atoms with Gasteiger partial charge in [0.05, 0.1) is 11.2 Å². The molecular weight excluding hydrogens is 418 g/mol. The first-order valence-corrected chi connectivity index (χ1v) is 11.2. The first kappa shape index (κ1) is 21.1. The summed E-state index contributed by atoms with van der Waals surface area (Å²) in [6, 6.07) is 11.5. The van der Waals surface area contributed by atoms with E-state index >= 15 is 0 Å². The monoisotopic (exact) mass is 445 g/mol. The van der Waals surface area contributed by atoms with Crippen LogP contribution in [0.2, 0.25) is 0 Å². The molecule has 33 heavy (non-hydrogen) atoms. The average molecular weight is 446 g/mol. The molecule has 9 heteroatoms. The zero-order valence-corrected chi connectivity index (χ0v) is 18.7. The quantitative estimate of drug-likeness (QED) is 0.377. The van der Waals surface area contributed by atoms with Gasteiger partial charge in [-0.15, -0.1) is 0 Å². The number of nitrogens with zero attached hydrogens (tertiary/aromatic N) is 4. The number of aromatic nitrogens is 5. The highest BCUT2D eigenvalue weighted by molar-refractivity contribution is 5.98. The summed E-state index contributed by atoms with van der Waals surface area (Å²) in [5.74, 6) is 1.94. The Morgan fingerprint density at radius 1 is 1.21 bits per heavy atom. The van der Waals surface area contributed by atoms with E-state index in [1.807, 2.05) is 36.4 Å². The topological polar surface area (TPSA) is 110 Å². The molecule has 1 amide bonds. The number of rotatable bonds is 7. The van der Waals surface area contributed by atoms with Crippen LogP contribution in [-0.4, -0.2) is 36.8 Å². The van der Waals surface area contributed by atoms with Gasteiger partial charge >= 0.3 is 6.03 Å². The van der Waals surface area contributed by atoms with Gasteiger partial charge in [0, 0.05) is 42.0 Å². The fourth-order valence-corrected chi connectivity index (χ4v) is 3.74. The van der Waals surface area contributed by atoms with Crippen molar-refractivity contribution in [2.24, 2.45) is 0 Å². The van der Waals surface area contributed by atoms with Gasteiger partial charge < -0.3 is 10.1 Å². The van der Waals surface area contributed by atoms with Crippen molar-refractivity contribution in [2.45, 2.75) is 51.6 Å². The van der Waals surface area contributed by atoms with E-state index in [2.05, 4.69) is 44.6 Å². The molecule has 3 heterocycles. The summed E-state index contributed by atoms with van der Waals surface area (Å²) in [5.41, 5.74) is 2.64. The number of hydrogen-bond acceptors (Lipinski definition) is 6. The summed E-state index contributed by atoms with van der Waals surface area (Å²) >= 11 is 0. The van der Waals surface area contributed by atoms with Crippen molar-refractivity contribution in [3.8, 4) is 11.6 Å². The van der Waals surface area contributed by atoms with Gasteiger partial charge in [-0.2, -0.15) is 5.10 Å². The minimum Gasteiger partial charge on any atom is -0.439 e. The Morgan fingerprint density at radius 3 is 2.85 bits per heavy atom. The molecule has 170 valence electrons. The van der Waals surface area contributed by atoms with Crippen LogP contribution in [0.5, 0.6) is 11.6 Å². The van der Waals surface area contributed by atoms with Gasteiger partial charge in [-0.05, 0) is 43.0 Å². The number of carbonyl (C=O) groups is 1. The third-order valence-electron chi connectivity index (χ3n) is 5.93. The molecule has 0 unspecified atom stereocenters. The predicted octanol–water partition coefficient (Wildman–Crippen LogP) is 4.79. The number of fused-ring (bicyclic) bond motifs is 1. The largest absolute Gasteiger partial charge is 0.439 e. The van der Waals surface area contributed by atoms with E-state index < -0.39 is 0 Å². The lowest BCUT2D eigenvalue weighted by Gasteiger charge is -2.26. The number of hydrogen-bond donors (Lipinski definition) is 3. The van der Waals surface area contributed by atoms with Crippen molar-refractivity contribution < 1.29 is 9.53 Å². The summed E-state index contributed by atoms with van der Waals surface area (Å²) in [4.78, 5) is 21.3. The van der Waals surface area contributed by atoms with Crippen LogP contribution < -0.4 is 15.4 Å². The maximum Gasteiger partial charge on any atom is 0.331 e. The molecule has 3 N–H and O–H groups in total. The lowest BCUT2D eigenvalue weighted by molar-refractivity contribution is 0.254. The van der Waals surface area contributed by atoms with Gasteiger partial charge in [-0.25, -0.2) is 14.8 Å². The second kappa shape index (κ2) is 9.03. The number of nitrogens with one attached hydrogen (secondary N) is 3. The van der Waals surface area contributed by atoms with E-state index in [1.54, 1.807) is 10.8 Å². The Labute approximate surface area is 191 Å². The first-order chi connectivity index (χ1) is 16.0. The summed E-state index contributed by atoms with van der Waals surface area (Å²) in [5, 5.41) is 14.3. The molecule has 0 saturated heterocycles. The highest BCUT2D eigenvalue weighted by atomic mass is 16.5. The molecule has 1 saturated carbocycles. The van der Waals surface area contributed by atoms with Gasteiger partial charge in [0.15, 0.2) is 5.82 Å². The molecular formula is C24H27N7O2. The van der Waals surface area contributed by atoms with Gasteiger partial charge in [0.1, 0.15) is 12.1 Å². The highest BCUT2D eigenvalue weighted by Gasteiger charge is 2.17. The molecule has 1 fully saturated rings. The smallest absolute Gasteiger partial charge is 0.331 e. The van der Waals surface area contributed by atoms with E-state index in [1.165, 1.54) is 25.6 Å². The lowest BCUT2D eigenvalue weighted by Crippen LogP contribution is -2.34. The van der Waals surface area contributed by atoms with Crippen LogP contribution in [-0.2, 0) is 6.54 Å². The summed E-state index contributed by atoms with van der Waals surface area (Å²) in [7, 11) is 0. The predicted molar refractivity (Wildman–Crippen MR) is 126 cm³/mol. The summed E-state index contributed by atoms with van der Waals surface area (Å²) in [6.07, 6.45) is 7.00. The van der Waals surface area contributed by atoms with Crippen molar-refractivity contribution in [3.05, 3.63) is 60.3 Å². The number of carbonyl (C=O) groups excluding carboxylic acids is 1. The second-order valence-corrected chi connectivity index (χ2v) is 8.66. The Kier molecular flexibility index (Phi) is 5.78. The number of ether oxygens (including phenoxy) is 1. The van der Waals surface area contributed by atoms with Gasteiger partial charge in [0.25, 0.3) is 0 Å². The van der Waals surface area contributed by atoms with E-state index in [9.17, 15) is 4.79 Å². The Hall–Kier alpha value is -3.72. The zero-order valence-electron chi connectivity index (χ0n) is 18.7. The first-order valence-electron chi connectivity index (χ1n) is 11.2. The van der Waals surface area contributed by atoms with Crippen molar-refractivity contribution >= 4 is 22.8 Å². The van der Waals surface area contributed by atoms with Crippen LogP contribution in [0.15, 0.2) is 48.9 Å². The molecule has 0 atom stereocenters. The molecule has 3 aromatic heterocycles. The van der Waals surface area contributed by atoms with Crippen LogP contribution in [0.4, 0.5) is 10.6 Å². The van der Waals surface area contributed by atoms with E-state index in [0.29, 0.717) is 36.0 Å². The average Bonchev–Trinajstić information content (AvgIpc) is 3.40. The molecule has 1 aliphatic rings. The number of amides is 1. The molecule has 0 spiro atoms. The molecule has 1 aromatic carbocycles. The number of aromatic amines is 1. The van der Waals surface area contributed by atoms with E-state index in [-0.39, 0.29) is 6.03 Å². The zero-order chi connectivity index (χ0) is 22.8. The molecule has 9 nitrogen and oxygen atoms in total. The van der Waals surface area contributed by atoms with Gasteiger partial charge in [-0.3, -0.25) is 15.0 Å². The SMILES string of the molecule is CC(C)c1cc(NC(=O)n2ccc3cc(Oc4cc(CNC5CCC5)ncn4)ccc32)n[nH]1. The van der Waals surface area contributed by atoms with Gasteiger partial charge in [0.2, 0.25) is 5.88 Å². The Morgan fingerprint density at radius 2 is 2.09 bits per heavy atom. The lowest BCUT2D eigenvalue weighted by atomic mass is 9.93. The fraction of sp³-hybridized carbons (Fsp3) is 0.333. The maximum absolute atomic E-state index is 12.8. The minimum atomic E-state index is -0.278. The fourth-order valence-electron chi connectivity index (χ4n) is 3.74. The van der Waals surface area contributed by atoms with E-state index in [0.717, 1.165) is 22.3 Å². The standard InChI is InChI=1S/C24H27N7O2/c1-15(2)20-12-22(30-29-20)28-24(32)31-9-8-16-10-19(6-7-21(16)31)33-23-11-18(26-14-27-23)13-25-17-4-3-5-17/h6-12,14-15,17,25H,3-5,13H2,1-2H3,(H2,28,29,30,32). The van der Waals surface area contributed by atoms with Crippen LogP contribution in [0.3, 0.4) is 0 Å². The van der Waals surface area contributed by atoms with Crippen LogP contribution >= 0.6 is 0 Å². The number of anilines is 1. The summed E-state index contributed by atoms with van der Waals surface area (Å²) in [6.45, 7) is 4.83. The van der Waals surface area contributed by atoms with Crippen LogP contribution in [0, 0.1) is 0 Å². The van der Waals surface area contributed by atoms with E-state index in [4.69, 9.17) is 4.74 Å². The van der Waals surface area contributed by atoms with Crippen molar-refractivity contribution in [3.63, 3.8) is 0 Å². The minimum absolute atomic E-state index is 0.278. The molecule has 0 radical (unpaired) electrons. The summed E-state index contributed by atoms with van der Waals surface area (Å²) < 4.78 is 7.52. The number of H-pyrrole nitrogens is 1. The third-order valence-corrected chi connectivity index (χ3v) is 5.93. The van der Waals surface area contributed by atoms with Crippen molar-refractivity contribution in [1.29, 1.82) is 0 Å². The van der Waals surface area contributed by atoms with Crippen molar-refractivity contribution in [2.75, 3.05) is 5.32 Å². The Bertz CT molecular complexity index is 1270. The third kappa shape index (κ3) is 4.73. The molecule has 4 aromatic rings. The van der Waals surface area contributed by atoms with Crippen molar-refractivity contribution in [1.82, 2.24) is 30.0 Å². The maximum atomic E-state index is 12.8. The molecule has 1 aliphatic carbocycles.